The van der Waals surface area contributed by atoms with E-state index in [0.29, 0.717) is 12.4 Å². The molecule has 4 heteroatoms. The monoisotopic (exact) mass is 269 g/mol. The number of imidazole rings is 1. The van der Waals surface area contributed by atoms with Crippen LogP contribution in [0.5, 0.6) is 0 Å². The molecular formula is C16H16FN3. The van der Waals surface area contributed by atoms with Crippen molar-refractivity contribution in [3.05, 3.63) is 53.8 Å². The third-order valence-electron chi connectivity index (χ3n) is 3.12. The lowest BCUT2D eigenvalue weighted by atomic mass is 10.1. The molecule has 0 aliphatic rings. The van der Waals surface area contributed by atoms with Crippen molar-refractivity contribution in [2.75, 3.05) is 14.1 Å². The number of H-pyrrole nitrogens is 1. The van der Waals surface area contributed by atoms with Gasteiger partial charge in [0.15, 0.2) is 0 Å². The lowest BCUT2D eigenvalue weighted by Gasteiger charge is -2.10. The van der Waals surface area contributed by atoms with Crippen LogP contribution in [0.1, 0.15) is 5.56 Å². The van der Waals surface area contributed by atoms with Crippen LogP contribution in [0.15, 0.2) is 42.5 Å². The third-order valence-corrected chi connectivity index (χ3v) is 3.12. The van der Waals surface area contributed by atoms with Crippen molar-refractivity contribution in [3.8, 4) is 11.4 Å². The molecular weight excluding hydrogens is 253 g/mol. The van der Waals surface area contributed by atoms with E-state index in [1.54, 1.807) is 6.07 Å². The molecule has 2 aromatic carbocycles. The number of nitrogens with zero attached hydrogens (tertiary/aromatic N) is 2. The van der Waals surface area contributed by atoms with E-state index in [2.05, 4.69) is 9.97 Å². The van der Waals surface area contributed by atoms with Crippen LogP contribution in [0.25, 0.3) is 22.4 Å². The molecule has 0 aliphatic carbocycles. The predicted octanol–water partition coefficient (Wildman–Crippen LogP) is 3.43. The van der Waals surface area contributed by atoms with Gasteiger partial charge in [-0.05, 0) is 50.0 Å². The minimum atomic E-state index is -0.236. The molecule has 20 heavy (non-hydrogen) atoms. The van der Waals surface area contributed by atoms with Gasteiger partial charge in [0.2, 0.25) is 0 Å². The maximum atomic E-state index is 13.8. The Balaban J connectivity index is 2.06. The van der Waals surface area contributed by atoms with Gasteiger partial charge in [-0.1, -0.05) is 12.1 Å². The Morgan fingerprint density at radius 1 is 1.15 bits per heavy atom. The number of halogens is 1. The lowest BCUT2D eigenvalue weighted by molar-refractivity contribution is 0.401. The van der Waals surface area contributed by atoms with E-state index >= 15 is 0 Å². The Kier molecular flexibility index (Phi) is 3.24. The Labute approximate surface area is 117 Å². The molecule has 0 aliphatic heterocycles. The standard InChI is InChI=1S/C16H16FN3/c1-20(2)10-11-7-12(9-13(17)8-11)16-18-14-5-3-4-6-15(14)19-16/h3-9H,10H2,1-2H3,(H,18,19). The Morgan fingerprint density at radius 2 is 1.95 bits per heavy atom. The van der Waals surface area contributed by atoms with Crippen molar-refractivity contribution >= 4 is 11.0 Å². The zero-order valence-corrected chi connectivity index (χ0v) is 11.5. The van der Waals surface area contributed by atoms with Crippen LogP contribution in [-0.2, 0) is 6.54 Å². The fourth-order valence-corrected chi connectivity index (χ4v) is 2.33. The van der Waals surface area contributed by atoms with E-state index < -0.39 is 0 Å². The van der Waals surface area contributed by atoms with Crippen LogP contribution in [0.4, 0.5) is 4.39 Å². The summed E-state index contributed by atoms with van der Waals surface area (Å²) in [5.41, 5.74) is 3.56. The highest BCUT2D eigenvalue weighted by Gasteiger charge is 2.08. The number of aromatic amines is 1. The van der Waals surface area contributed by atoms with Crippen LogP contribution in [0.2, 0.25) is 0 Å². The van der Waals surface area contributed by atoms with Gasteiger partial charge in [-0.15, -0.1) is 0 Å². The second-order valence-corrected chi connectivity index (χ2v) is 5.19. The molecule has 0 fully saturated rings. The number of hydrogen-bond acceptors (Lipinski definition) is 2. The van der Waals surface area contributed by atoms with Gasteiger partial charge in [-0.2, -0.15) is 0 Å². The molecule has 1 aromatic heterocycles. The number of fused-ring (bicyclic) bond motifs is 1. The molecule has 3 nitrogen and oxygen atoms in total. The summed E-state index contributed by atoms with van der Waals surface area (Å²) in [7, 11) is 3.93. The predicted molar refractivity (Wildman–Crippen MR) is 78.9 cm³/mol. The van der Waals surface area contributed by atoms with Gasteiger partial charge in [0.05, 0.1) is 11.0 Å². The summed E-state index contributed by atoms with van der Waals surface area (Å²) < 4.78 is 13.8. The fourth-order valence-electron chi connectivity index (χ4n) is 2.33. The summed E-state index contributed by atoms with van der Waals surface area (Å²) >= 11 is 0. The summed E-state index contributed by atoms with van der Waals surface area (Å²) in [5.74, 6) is 0.463. The maximum Gasteiger partial charge on any atom is 0.138 e. The summed E-state index contributed by atoms with van der Waals surface area (Å²) in [5, 5.41) is 0. The van der Waals surface area contributed by atoms with Gasteiger partial charge >= 0.3 is 0 Å². The second kappa shape index (κ2) is 5.06. The normalized spacial score (nSPS) is 11.4. The average Bonchev–Trinajstić information content (AvgIpc) is 2.80. The van der Waals surface area contributed by atoms with Gasteiger partial charge in [-0.3, -0.25) is 0 Å². The smallest absolute Gasteiger partial charge is 0.138 e. The van der Waals surface area contributed by atoms with Crippen molar-refractivity contribution in [2.45, 2.75) is 6.54 Å². The van der Waals surface area contributed by atoms with E-state index in [1.165, 1.54) is 6.07 Å². The van der Waals surface area contributed by atoms with Crippen molar-refractivity contribution < 1.29 is 4.39 Å². The molecule has 3 aromatic rings. The number of aromatic nitrogens is 2. The number of nitrogens with one attached hydrogen (secondary N) is 1. The van der Waals surface area contributed by atoms with Gasteiger partial charge < -0.3 is 9.88 Å². The first-order chi connectivity index (χ1) is 9.61. The Bertz CT molecular complexity index is 713. The first-order valence-corrected chi connectivity index (χ1v) is 6.51. The summed E-state index contributed by atoms with van der Waals surface area (Å²) in [4.78, 5) is 9.75. The number of rotatable bonds is 3. The highest BCUT2D eigenvalue weighted by Crippen LogP contribution is 2.23. The molecule has 3 rings (SSSR count). The molecule has 0 bridgehead atoms. The number of hydrogen-bond donors (Lipinski definition) is 1. The quantitative estimate of drug-likeness (QED) is 0.790. The van der Waals surface area contributed by atoms with Crippen LogP contribution in [0.3, 0.4) is 0 Å². The first-order valence-electron chi connectivity index (χ1n) is 6.51. The Morgan fingerprint density at radius 3 is 2.70 bits per heavy atom. The summed E-state index contributed by atoms with van der Waals surface area (Å²) in [6.07, 6.45) is 0. The SMILES string of the molecule is CN(C)Cc1cc(F)cc(-c2nc3ccccc3[nH]2)c1. The summed E-state index contributed by atoms with van der Waals surface area (Å²) in [6.45, 7) is 0.699. The molecule has 0 amide bonds. The lowest BCUT2D eigenvalue weighted by Crippen LogP contribution is -2.10. The average molecular weight is 269 g/mol. The topological polar surface area (TPSA) is 31.9 Å². The van der Waals surface area contributed by atoms with Gasteiger partial charge in [0.1, 0.15) is 11.6 Å². The minimum absolute atomic E-state index is 0.236. The second-order valence-electron chi connectivity index (χ2n) is 5.19. The van der Waals surface area contributed by atoms with Crippen LogP contribution in [0, 0.1) is 5.82 Å². The van der Waals surface area contributed by atoms with E-state index in [4.69, 9.17) is 0 Å². The van der Waals surface area contributed by atoms with Crippen molar-refractivity contribution in [3.63, 3.8) is 0 Å². The first kappa shape index (κ1) is 12.8. The number of benzene rings is 2. The zero-order valence-electron chi connectivity index (χ0n) is 11.5. The highest BCUT2D eigenvalue weighted by atomic mass is 19.1. The van der Waals surface area contributed by atoms with E-state index in [-0.39, 0.29) is 5.82 Å². The molecule has 0 unspecified atom stereocenters. The molecule has 1 N–H and O–H groups in total. The zero-order chi connectivity index (χ0) is 14.1. The third kappa shape index (κ3) is 2.56. The molecule has 1 heterocycles. The molecule has 0 spiro atoms. The highest BCUT2D eigenvalue weighted by molar-refractivity contribution is 5.79. The Hall–Kier alpha value is -2.20. The van der Waals surface area contributed by atoms with Crippen LogP contribution >= 0.6 is 0 Å². The van der Waals surface area contributed by atoms with Crippen molar-refractivity contribution in [1.29, 1.82) is 0 Å². The van der Waals surface area contributed by atoms with Gasteiger partial charge in [0.25, 0.3) is 0 Å². The molecule has 0 saturated carbocycles. The van der Waals surface area contributed by atoms with Crippen LogP contribution in [-0.4, -0.2) is 29.0 Å². The molecule has 0 radical (unpaired) electrons. The maximum absolute atomic E-state index is 13.8. The van der Waals surface area contributed by atoms with E-state index in [0.717, 1.165) is 22.2 Å². The van der Waals surface area contributed by atoms with Crippen molar-refractivity contribution in [1.82, 2.24) is 14.9 Å². The summed E-state index contributed by atoms with van der Waals surface area (Å²) in [6, 6.07) is 12.8. The van der Waals surface area contributed by atoms with Gasteiger partial charge in [-0.25, -0.2) is 9.37 Å². The van der Waals surface area contributed by atoms with Crippen molar-refractivity contribution in [2.24, 2.45) is 0 Å². The number of para-hydroxylation sites is 2. The largest absolute Gasteiger partial charge is 0.338 e. The molecule has 0 atom stereocenters. The van der Waals surface area contributed by atoms with Crippen LogP contribution < -0.4 is 0 Å². The van der Waals surface area contributed by atoms with E-state index in [1.807, 2.05) is 49.3 Å². The van der Waals surface area contributed by atoms with E-state index in [9.17, 15) is 4.39 Å². The van der Waals surface area contributed by atoms with Gasteiger partial charge in [0, 0.05) is 12.1 Å². The fraction of sp³-hybridized carbons (Fsp3) is 0.188. The molecule has 102 valence electrons. The molecule has 0 saturated heterocycles. The minimum Gasteiger partial charge on any atom is -0.338 e.